The minimum atomic E-state index is 0.267. The summed E-state index contributed by atoms with van der Waals surface area (Å²) in [5.41, 5.74) is 8.58. The highest BCUT2D eigenvalue weighted by Crippen LogP contribution is 2.22. The van der Waals surface area contributed by atoms with Gasteiger partial charge in [-0.05, 0) is 36.5 Å². The summed E-state index contributed by atoms with van der Waals surface area (Å²) in [6, 6.07) is 6.68. The molecule has 1 aromatic carbocycles. The van der Waals surface area contributed by atoms with E-state index in [0.717, 1.165) is 31.4 Å². The van der Waals surface area contributed by atoms with Gasteiger partial charge in [-0.3, -0.25) is 0 Å². The van der Waals surface area contributed by atoms with Gasteiger partial charge in [0.15, 0.2) is 0 Å². The van der Waals surface area contributed by atoms with Crippen LogP contribution in [0.25, 0.3) is 0 Å². The number of ether oxygens (including phenoxy) is 1. The maximum Gasteiger partial charge on any atom is 0.122 e. The first-order valence-corrected chi connectivity index (χ1v) is 6.12. The van der Waals surface area contributed by atoms with Crippen LogP contribution in [0.5, 0.6) is 5.75 Å². The molecule has 2 N–H and O–H groups in total. The average molecular weight is 221 g/mol. The van der Waals surface area contributed by atoms with Crippen LogP contribution in [0.2, 0.25) is 0 Å². The van der Waals surface area contributed by atoms with Crippen molar-refractivity contribution in [3.8, 4) is 5.75 Å². The molecule has 0 aliphatic rings. The Hall–Kier alpha value is -1.02. The second-order valence-corrected chi connectivity index (χ2v) is 4.27. The van der Waals surface area contributed by atoms with Crippen LogP contribution in [0, 0.1) is 0 Å². The molecule has 0 saturated carbocycles. The van der Waals surface area contributed by atoms with Gasteiger partial charge in [0.1, 0.15) is 5.75 Å². The monoisotopic (exact) mass is 221 g/mol. The summed E-state index contributed by atoms with van der Waals surface area (Å²) in [6.45, 7) is 4.31. The molecule has 16 heavy (non-hydrogen) atoms. The van der Waals surface area contributed by atoms with E-state index in [1.807, 2.05) is 0 Å². The van der Waals surface area contributed by atoms with Crippen molar-refractivity contribution in [2.45, 2.75) is 45.6 Å². The lowest BCUT2D eigenvalue weighted by molar-refractivity contribution is 0.409. The summed E-state index contributed by atoms with van der Waals surface area (Å²) >= 11 is 0. The van der Waals surface area contributed by atoms with Gasteiger partial charge in [-0.1, -0.05) is 32.4 Å². The molecule has 2 heteroatoms. The highest BCUT2D eigenvalue weighted by Gasteiger charge is 2.06. The average Bonchev–Trinajstić information content (AvgIpc) is 2.30. The van der Waals surface area contributed by atoms with Gasteiger partial charge in [-0.15, -0.1) is 0 Å². The molecule has 1 aromatic rings. The van der Waals surface area contributed by atoms with Gasteiger partial charge in [0.05, 0.1) is 7.11 Å². The van der Waals surface area contributed by atoms with Crippen molar-refractivity contribution < 1.29 is 4.74 Å². The van der Waals surface area contributed by atoms with Crippen LogP contribution in [0.1, 0.15) is 37.8 Å². The van der Waals surface area contributed by atoms with Gasteiger partial charge in [-0.2, -0.15) is 0 Å². The lowest BCUT2D eigenvalue weighted by Gasteiger charge is -2.12. The highest BCUT2D eigenvalue weighted by atomic mass is 16.5. The van der Waals surface area contributed by atoms with Crippen LogP contribution in [0.4, 0.5) is 0 Å². The third kappa shape index (κ3) is 3.53. The van der Waals surface area contributed by atoms with E-state index in [1.54, 1.807) is 7.11 Å². The first-order valence-electron chi connectivity index (χ1n) is 6.12. The van der Waals surface area contributed by atoms with E-state index in [4.69, 9.17) is 10.5 Å². The van der Waals surface area contributed by atoms with Crippen LogP contribution in [0.15, 0.2) is 18.2 Å². The fourth-order valence-electron chi connectivity index (χ4n) is 1.87. The van der Waals surface area contributed by atoms with Crippen molar-refractivity contribution in [2.75, 3.05) is 7.11 Å². The van der Waals surface area contributed by atoms with Crippen LogP contribution < -0.4 is 10.5 Å². The Balaban J connectivity index is 2.84. The standard InChI is InChI=1S/C14H23NO/c1-4-6-12-9-11(10-13(15)5-2)7-8-14(12)16-3/h7-9,13H,4-6,10,15H2,1-3H3. The summed E-state index contributed by atoms with van der Waals surface area (Å²) in [5.74, 6) is 0.996. The molecule has 1 atom stereocenters. The highest BCUT2D eigenvalue weighted by molar-refractivity contribution is 5.37. The fraction of sp³-hybridized carbons (Fsp3) is 0.571. The zero-order valence-electron chi connectivity index (χ0n) is 10.6. The first kappa shape index (κ1) is 13.0. The molecule has 1 rings (SSSR count). The van der Waals surface area contributed by atoms with E-state index >= 15 is 0 Å². The molecule has 0 heterocycles. The Kier molecular flexibility index (Phi) is 5.33. The lowest BCUT2D eigenvalue weighted by Crippen LogP contribution is -2.21. The summed E-state index contributed by atoms with van der Waals surface area (Å²) in [5, 5.41) is 0. The van der Waals surface area contributed by atoms with Crippen molar-refractivity contribution in [1.82, 2.24) is 0 Å². The SMILES string of the molecule is CCCc1cc(CC(N)CC)ccc1OC. The quantitative estimate of drug-likeness (QED) is 0.801. The summed E-state index contributed by atoms with van der Waals surface area (Å²) < 4.78 is 5.35. The molecule has 0 amide bonds. The Labute approximate surface area is 98.8 Å². The molecular weight excluding hydrogens is 198 g/mol. The summed E-state index contributed by atoms with van der Waals surface area (Å²) in [4.78, 5) is 0. The molecular formula is C14H23NO. The predicted octanol–water partition coefficient (Wildman–Crippen LogP) is 2.93. The van der Waals surface area contributed by atoms with Gasteiger partial charge in [0, 0.05) is 6.04 Å². The van der Waals surface area contributed by atoms with Crippen molar-refractivity contribution in [1.29, 1.82) is 0 Å². The molecule has 0 aliphatic heterocycles. The van der Waals surface area contributed by atoms with Gasteiger partial charge in [0.25, 0.3) is 0 Å². The number of rotatable bonds is 6. The van der Waals surface area contributed by atoms with E-state index in [9.17, 15) is 0 Å². The number of hydrogen-bond donors (Lipinski definition) is 1. The fourth-order valence-corrected chi connectivity index (χ4v) is 1.87. The maximum absolute atomic E-state index is 5.97. The van der Waals surface area contributed by atoms with Gasteiger partial charge in [0.2, 0.25) is 0 Å². The normalized spacial score (nSPS) is 12.5. The van der Waals surface area contributed by atoms with Crippen molar-refractivity contribution in [2.24, 2.45) is 5.73 Å². The van der Waals surface area contributed by atoms with Crippen LogP contribution >= 0.6 is 0 Å². The number of nitrogens with two attached hydrogens (primary N) is 1. The molecule has 2 nitrogen and oxygen atoms in total. The molecule has 0 radical (unpaired) electrons. The lowest BCUT2D eigenvalue weighted by atomic mass is 10.00. The van der Waals surface area contributed by atoms with Crippen molar-refractivity contribution in [3.63, 3.8) is 0 Å². The molecule has 90 valence electrons. The molecule has 0 bridgehead atoms. The van der Waals surface area contributed by atoms with E-state index in [0.29, 0.717) is 0 Å². The minimum Gasteiger partial charge on any atom is -0.496 e. The Morgan fingerprint density at radius 2 is 2.06 bits per heavy atom. The predicted molar refractivity (Wildman–Crippen MR) is 69.0 cm³/mol. The molecule has 0 aliphatic carbocycles. The van der Waals surface area contributed by atoms with Gasteiger partial charge >= 0.3 is 0 Å². The zero-order valence-corrected chi connectivity index (χ0v) is 10.6. The number of methoxy groups -OCH3 is 1. The second-order valence-electron chi connectivity index (χ2n) is 4.27. The zero-order chi connectivity index (χ0) is 12.0. The van der Waals surface area contributed by atoms with E-state index < -0.39 is 0 Å². The largest absolute Gasteiger partial charge is 0.496 e. The summed E-state index contributed by atoms with van der Waals surface area (Å²) in [6.07, 6.45) is 4.18. The van der Waals surface area contributed by atoms with Crippen LogP contribution in [-0.4, -0.2) is 13.2 Å². The minimum absolute atomic E-state index is 0.267. The van der Waals surface area contributed by atoms with Gasteiger partial charge in [-0.25, -0.2) is 0 Å². The number of aryl methyl sites for hydroxylation is 1. The second kappa shape index (κ2) is 6.54. The van der Waals surface area contributed by atoms with Crippen LogP contribution in [0.3, 0.4) is 0 Å². The Morgan fingerprint density at radius 1 is 1.31 bits per heavy atom. The third-order valence-corrected chi connectivity index (χ3v) is 2.89. The molecule has 0 aromatic heterocycles. The Morgan fingerprint density at radius 3 is 2.62 bits per heavy atom. The molecule has 0 fully saturated rings. The van der Waals surface area contributed by atoms with E-state index in [-0.39, 0.29) is 6.04 Å². The molecule has 0 saturated heterocycles. The smallest absolute Gasteiger partial charge is 0.122 e. The van der Waals surface area contributed by atoms with E-state index in [2.05, 4.69) is 32.0 Å². The first-order chi connectivity index (χ1) is 7.71. The number of hydrogen-bond acceptors (Lipinski definition) is 2. The van der Waals surface area contributed by atoms with Crippen molar-refractivity contribution >= 4 is 0 Å². The molecule has 0 spiro atoms. The topological polar surface area (TPSA) is 35.2 Å². The molecule has 1 unspecified atom stereocenters. The van der Waals surface area contributed by atoms with Crippen molar-refractivity contribution in [3.05, 3.63) is 29.3 Å². The Bertz CT molecular complexity index is 323. The maximum atomic E-state index is 5.97. The number of benzene rings is 1. The summed E-state index contributed by atoms with van der Waals surface area (Å²) in [7, 11) is 1.73. The third-order valence-electron chi connectivity index (χ3n) is 2.89. The van der Waals surface area contributed by atoms with Crippen LogP contribution in [-0.2, 0) is 12.8 Å². The van der Waals surface area contributed by atoms with Gasteiger partial charge < -0.3 is 10.5 Å². The van der Waals surface area contributed by atoms with E-state index in [1.165, 1.54) is 11.1 Å².